The van der Waals surface area contributed by atoms with E-state index in [2.05, 4.69) is 20.3 Å². The van der Waals surface area contributed by atoms with E-state index in [9.17, 15) is 14.4 Å². The van der Waals surface area contributed by atoms with Crippen LogP contribution >= 0.6 is 11.6 Å². The lowest BCUT2D eigenvalue weighted by Crippen LogP contribution is -2.23. The number of carbonyl (C=O) groups excluding carboxylic acids is 1. The van der Waals surface area contributed by atoms with Gasteiger partial charge >= 0.3 is 5.69 Å². The number of H-pyrrole nitrogens is 3. The van der Waals surface area contributed by atoms with Crippen LogP contribution in [0.2, 0.25) is 5.02 Å². The number of nitrogens with one attached hydrogen (secondary N) is 4. The third-order valence-electron chi connectivity index (χ3n) is 4.96. The summed E-state index contributed by atoms with van der Waals surface area (Å²) in [6.45, 7) is 0. The maximum Gasteiger partial charge on any atom is 0.327 e. The molecule has 4 aromatic rings. The zero-order chi connectivity index (χ0) is 19.4. The van der Waals surface area contributed by atoms with Crippen molar-refractivity contribution in [2.24, 2.45) is 0 Å². The number of rotatable bonds is 2. The fourth-order valence-electron chi connectivity index (χ4n) is 3.81. The highest BCUT2D eigenvalue weighted by Gasteiger charge is 2.37. The summed E-state index contributed by atoms with van der Waals surface area (Å²) in [4.78, 5) is 45.3. The highest BCUT2D eigenvalue weighted by molar-refractivity contribution is 6.33. The first kappa shape index (κ1) is 16.6. The van der Waals surface area contributed by atoms with Crippen LogP contribution in [-0.4, -0.2) is 20.9 Å². The van der Waals surface area contributed by atoms with E-state index < -0.39 is 17.2 Å². The highest BCUT2D eigenvalue weighted by Crippen LogP contribution is 2.44. The standard InChI is InChI=1S/C20H13ClN4O3/c21-11-7-3-1-5-9(11)16-14(15-17(23-16)24-20(28)25-19(15)27)13-10-6-2-4-8-12(10)22-18(13)26/h1-8,13H,(H,22,26)(H3,23,24,25,27,28). The summed E-state index contributed by atoms with van der Waals surface area (Å²) >= 11 is 6.39. The molecular weight excluding hydrogens is 380 g/mol. The molecule has 0 aliphatic carbocycles. The number of amides is 1. The van der Waals surface area contributed by atoms with Crippen LogP contribution < -0.4 is 16.6 Å². The molecule has 1 amide bonds. The van der Waals surface area contributed by atoms with Gasteiger partial charge in [0, 0.05) is 21.8 Å². The summed E-state index contributed by atoms with van der Waals surface area (Å²) in [6.07, 6.45) is 0. The van der Waals surface area contributed by atoms with Crippen molar-refractivity contribution in [1.29, 1.82) is 0 Å². The van der Waals surface area contributed by atoms with Gasteiger partial charge in [-0.05, 0) is 17.7 Å². The number of aromatic nitrogens is 3. The van der Waals surface area contributed by atoms with Gasteiger partial charge in [0.15, 0.2) is 0 Å². The van der Waals surface area contributed by atoms with Gasteiger partial charge in [0.25, 0.3) is 5.56 Å². The van der Waals surface area contributed by atoms with Crippen molar-refractivity contribution in [3.05, 3.63) is 85.5 Å². The molecule has 2 aromatic carbocycles. The maximum atomic E-state index is 12.9. The second kappa shape index (κ2) is 5.97. The fraction of sp³-hybridized carbons (Fsp3) is 0.0500. The Morgan fingerprint density at radius 1 is 0.857 bits per heavy atom. The minimum absolute atomic E-state index is 0.228. The first-order chi connectivity index (χ1) is 13.5. The number of benzene rings is 2. The molecule has 28 heavy (non-hydrogen) atoms. The second-order valence-electron chi connectivity index (χ2n) is 6.56. The number of anilines is 1. The molecule has 138 valence electrons. The number of carbonyl (C=O) groups is 1. The van der Waals surface area contributed by atoms with Crippen LogP contribution in [0.1, 0.15) is 17.0 Å². The molecule has 3 heterocycles. The number of hydrogen-bond donors (Lipinski definition) is 4. The Kier molecular flexibility index (Phi) is 3.53. The van der Waals surface area contributed by atoms with E-state index in [1.807, 2.05) is 30.3 Å². The lowest BCUT2D eigenvalue weighted by Gasteiger charge is -2.12. The molecule has 0 bridgehead atoms. The number of halogens is 1. The molecule has 0 fully saturated rings. The Morgan fingerprint density at radius 2 is 1.61 bits per heavy atom. The SMILES string of the molecule is O=C1Nc2ccccc2C1c1c(-c2ccccc2Cl)[nH]c2[nH]c(=O)[nH]c(=O)c12. The molecule has 7 nitrogen and oxygen atoms in total. The van der Waals surface area contributed by atoms with Crippen LogP contribution in [0.15, 0.2) is 58.1 Å². The average molecular weight is 393 g/mol. The van der Waals surface area contributed by atoms with Gasteiger partial charge in [-0.15, -0.1) is 0 Å². The highest BCUT2D eigenvalue weighted by atomic mass is 35.5. The van der Waals surface area contributed by atoms with Crippen LogP contribution in [0.4, 0.5) is 5.69 Å². The normalized spacial score (nSPS) is 15.6. The predicted molar refractivity (Wildman–Crippen MR) is 107 cm³/mol. The Labute approximate surface area is 162 Å². The smallest absolute Gasteiger partial charge is 0.327 e. The molecule has 1 atom stereocenters. The Bertz CT molecular complexity index is 1380. The van der Waals surface area contributed by atoms with Gasteiger partial charge in [0.2, 0.25) is 5.91 Å². The molecule has 1 unspecified atom stereocenters. The van der Waals surface area contributed by atoms with Crippen molar-refractivity contribution in [3.8, 4) is 11.3 Å². The minimum Gasteiger partial charge on any atom is -0.340 e. The summed E-state index contributed by atoms with van der Waals surface area (Å²) in [6, 6.07) is 14.4. The monoisotopic (exact) mass is 392 g/mol. The lowest BCUT2D eigenvalue weighted by molar-refractivity contribution is -0.116. The molecule has 0 radical (unpaired) electrons. The first-order valence-corrected chi connectivity index (χ1v) is 8.95. The second-order valence-corrected chi connectivity index (χ2v) is 6.97. The van der Waals surface area contributed by atoms with E-state index in [4.69, 9.17) is 11.6 Å². The summed E-state index contributed by atoms with van der Waals surface area (Å²) in [5.41, 5.74) is 2.12. The van der Waals surface area contributed by atoms with E-state index >= 15 is 0 Å². The van der Waals surface area contributed by atoms with E-state index in [0.29, 0.717) is 27.5 Å². The summed E-state index contributed by atoms with van der Waals surface area (Å²) in [5, 5.41) is 3.54. The van der Waals surface area contributed by atoms with Crippen LogP contribution in [0.5, 0.6) is 0 Å². The zero-order valence-corrected chi connectivity index (χ0v) is 15.1. The van der Waals surface area contributed by atoms with Gasteiger partial charge in [0.1, 0.15) is 5.65 Å². The summed E-state index contributed by atoms with van der Waals surface area (Å²) in [5.74, 6) is -0.968. The molecule has 0 saturated heterocycles. The molecule has 4 N–H and O–H groups in total. The topological polar surface area (TPSA) is 111 Å². The maximum absolute atomic E-state index is 12.9. The quantitative estimate of drug-likeness (QED) is 0.421. The third kappa shape index (κ3) is 2.33. The van der Waals surface area contributed by atoms with E-state index in [0.717, 1.165) is 5.56 Å². The van der Waals surface area contributed by atoms with Gasteiger partial charge in [-0.2, -0.15) is 0 Å². The van der Waals surface area contributed by atoms with Gasteiger partial charge in [0.05, 0.1) is 17.0 Å². The van der Waals surface area contributed by atoms with Crippen molar-refractivity contribution in [1.82, 2.24) is 15.0 Å². The molecule has 0 spiro atoms. The Morgan fingerprint density at radius 3 is 2.43 bits per heavy atom. The van der Waals surface area contributed by atoms with Gasteiger partial charge < -0.3 is 10.3 Å². The largest absolute Gasteiger partial charge is 0.340 e. The van der Waals surface area contributed by atoms with Crippen molar-refractivity contribution < 1.29 is 4.79 Å². The van der Waals surface area contributed by atoms with Crippen molar-refractivity contribution in [3.63, 3.8) is 0 Å². The molecular formula is C20H13ClN4O3. The van der Waals surface area contributed by atoms with Gasteiger partial charge in [-0.1, -0.05) is 48.0 Å². The lowest BCUT2D eigenvalue weighted by atomic mass is 9.89. The first-order valence-electron chi connectivity index (χ1n) is 8.57. The number of fused-ring (bicyclic) bond motifs is 2. The van der Waals surface area contributed by atoms with Crippen LogP contribution in [0.3, 0.4) is 0 Å². The zero-order valence-electron chi connectivity index (χ0n) is 14.3. The molecule has 8 heteroatoms. The number of hydrogen-bond acceptors (Lipinski definition) is 3. The van der Waals surface area contributed by atoms with E-state index in [1.165, 1.54) is 0 Å². The minimum atomic E-state index is -0.719. The fourth-order valence-corrected chi connectivity index (χ4v) is 4.05. The van der Waals surface area contributed by atoms with E-state index in [-0.39, 0.29) is 16.9 Å². The number of para-hydroxylation sites is 1. The average Bonchev–Trinajstić information content (AvgIpc) is 3.18. The summed E-state index contributed by atoms with van der Waals surface area (Å²) in [7, 11) is 0. The number of aromatic amines is 3. The van der Waals surface area contributed by atoms with Gasteiger partial charge in [-0.25, -0.2) is 4.79 Å². The van der Waals surface area contributed by atoms with Crippen molar-refractivity contribution in [2.45, 2.75) is 5.92 Å². The molecule has 5 rings (SSSR count). The summed E-state index contributed by atoms with van der Waals surface area (Å²) < 4.78 is 0. The van der Waals surface area contributed by atoms with Gasteiger partial charge in [-0.3, -0.25) is 19.6 Å². The van der Waals surface area contributed by atoms with Crippen LogP contribution in [0, 0.1) is 0 Å². The molecule has 2 aromatic heterocycles. The molecule has 1 aliphatic heterocycles. The van der Waals surface area contributed by atoms with E-state index in [1.54, 1.807) is 18.2 Å². The van der Waals surface area contributed by atoms with Crippen molar-refractivity contribution >= 4 is 34.2 Å². The third-order valence-corrected chi connectivity index (χ3v) is 5.28. The Hall–Kier alpha value is -3.58. The molecule has 1 aliphatic rings. The predicted octanol–water partition coefficient (Wildman–Crippen LogP) is 2.95. The van der Waals surface area contributed by atoms with Crippen LogP contribution in [0.25, 0.3) is 22.3 Å². The van der Waals surface area contributed by atoms with Crippen molar-refractivity contribution in [2.75, 3.05) is 5.32 Å². The van der Waals surface area contributed by atoms with Crippen LogP contribution in [-0.2, 0) is 4.79 Å². The molecule has 0 saturated carbocycles. The Balaban J connectivity index is 1.92.